The van der Waals surface area contributed by atoms with Crippen LogP contribution in [0.2, 0.25) is 5.02 Å². The molecule has 122 valence electrons. The van der Waals surface area contributed by atoms with Gasteiger partial charge in [-0.2, -0.15) is 0 Å². The van der Waals surface area contributed by atoms with Crippen molar-refractivity contribution in [3.05, 3.63) is 59.1 Å². The second kappa shape index (κ2) is 7.06. The predicted octanol–water partition coefficient (Wildman–Crippen LogP) is 3.42. The molecule has 2 rings (SSSR count). The Kier molecular flexibility index (Phi) is 5.33. The van der Waals surface area contributed by atoms with Crippen LogP contribution in [0, 0.1) is 11.6 Å². The average molecular weight is 360 g/mol. The van der Waals surface area contributed by atoms with Gasteiger partial charge in [-0.3, -0.25) is 4.79 Å². The topological polar surface area (TPSA) is 63.2 Å². The number of rotatable bonds is 5. The fourth-order valence-electron chi connectivity index (χ4n) is 1.84. The molecule has 0 aliphatic heterocycles. The number of hydrogen-bond donors (Lipinski definition) is 1. The Labute approximate surface area is 137 Å². The first kappa shape index (κ1) is 17.4. The Morgan fingerprint density at radius 2 is 1.83 bits per heavy atom. The first-order valence-corrected chi connectivity index (χ1v) is 8.55. The third kappa shape index (κ3) is 4.49. The number of hydrogen-bond acceptors (Lipinski definition) is 3. The van der Waals surface area contributed by atoms with E-state index in [4.69, 9.17) is 11.6 Å². The zero-order valence-electron chi connectivity index (χ0n) is 11.7. The van der Waals surface area contributed by atoms with Gasteiger partial charge < -0.3 is 5.32 Å². The number of benzene rings is 2. The number of sulfone groups is 1. The van der Waals surface area contributed by atoms with E-state index in [1.165, 1.54) is 18.2 Å². The van der Waals surface area contributed by atoms with Gasteiger partial charge in [0.2, 0.25) is 5.91 Å². The van der Waals surface area contributed by atoms with Crippen molar-refractivity contribution in [1.29, 1.82) is 0 Å². The quantitative estimate of drug-likeness (QED) is 0.889. The lowest BCUT2D eigenvalue weighted by atomic mass is 10.3. The molecule has 0 heterocycles. The van der Waals surface area contributed by atoms with E-state index in [0.29, 0.717) is 6.07 Å². The molecule has 0 saturated heterocycles. The van der Waals surface area contributed by atoms with Gasteiger partial charge in [0, 0.05) is 12.5 Å². The zero-order chi connectivity index (χ0) is 17.0. The SMILES string of the molecule is O=C(CCS(=O)(=O)c1ccccc1Cl)Nc1ccc(F)cc1F. The summed E-state index contributed by atoms with van der Waals surface area (Å²) in [6, 6.07) is 8.55. The normalized spacial score (nSPS) is 11.3. The second-order valence-corrected chi connectivity index (χ2v) is 7.16. The second-order valence-electron chi connectivity index (χ2n) is 4.67. The molecule has 0 saturated carbocycles. The number of anilines is 1. The van der Waals surface area contributed by atoms with Gasteiger partial charge in [0.15, 0.2) is 9.84 Å². The molecule has 4 nitrogen and oxygen atoms in total. The minimum Gasteiger partial charge on any atom is -0.324 e. The van der Waals surface area contributed by atoms with Crippen molar-refractivity contribution in [1.82, 2.24) is 0 Å². The summed E-state index contributed by atoms with van der Waals surface area (Å²) in [5.41, 5.74) is -0.216. The molecule has 2 aromatic carbocycles. The Hall–Kier alpha value is -1.99. The number of nitrogens with one attached hydrogen (secondary N) is 1. The molecule has 0 aromatic heterocycles. The van der Waals surface area contributed by atoms with Gasteiger partial charge in [-0.1, -0.05) is 23.7 Å². The molecule has 0 aliphatic carbocycles. The molecular formula is C15H12ClF2NO3S. The molecule has 0 aliphatic rings. The molecule has 0 radical (unpaired) electrons. The number of amides is 1. The molecule has 0 unspecified atom stereocenters. The summed E-state index contributed by atoms with van der Waals surface area (Å²) in [6.45, 7) is 0. The minimum atomic E-state index is -3.74. The van der Waals surface area contributed by atoms with E-state index < -0.39 is 33.1 Å². The van der Waals surface area contributed by atoms with Crippen molar-refractivity contribution in [2.75, 3.05) is 11.1 Å². The van der Waals surface area contributed by atoms with Crippen molar-refractivity contribution in [3.8, 4) is 0 Å². The van der Waals surface area contributed by atoms with Crippen LogP contribution in [0.15, 0.2) is 47.4 Å². The van der Waals surface area contributed by atoms with Crippen molar-refractivity contribution < 1.29 is 22.0 Å². The van der Waals surface area contributed by atoms with Gasteiger partial charge in [0.1, 0.15) is 11.6 Å². The van der Waals surface area contributed by atoms with Gasteiger partial charge in [-0.05, 0) is 24.3 Å². The van der Waals surface area contributed by atoms with Gasteiger partial charge in [-0.15, -0.1) is 0 Å². The van der Waals surface area contributed by atoms with E-state index in [2.05, 4.69) is 5.32 Å². The van der Waals surface area contributed by atoms with Crippen molar-refractivity contribution in [3.63, 3.8) is 0 Å². The molecule has 1 N–H and O–H groups in total. The largest absolute Gasteiger partial charge is 0.324 e. The summed E-state index contributed by atoms with van der Waals surface area (Å²) in [5.74, 6) is -2.90. The van der Waals surface area contributed by atoms with Crippen LogP contribution >= 0.6 is 11.6 Å². The van der Waals surface area contributed by atoms with E-state index >= 15 is 0 Å². The van der Waals surface area contributed by atoms with Crippen molar-refractivity contribution >= 4 is 33.0 Å². The molecular weight excluding hydrogens is 348 g/mol. The van der Waals surface area contributed by atoms with Crippen molar-refractivity contribution in [2.45, 2.75) is 11.3 Å². The Bertz CT molecular complexity index is 840. The van der Waals surface area contributed by atoms with Crippen LogP contribution in [-0.2, 0) is 14.6 Å². The summed E-state index contributed by atoms with van der Waals surface area (Å²) in [7, 11) is -3.74. The smallest absolute Gasteiger partial charge is 0.225 e. The highest BCUT2D eigenvalue weighted by molar-refractivity contribution is 7.91. The fourth-order valence-corrected chi connectivity index (χ4v) is 3.65. The average Bonchev–Trinajstić information content (AvgIpc) is 2.48. The lowest BCUT2D eigenvalue weighted by Crippen LogP contribution is -2.18. The molecule has 0 bridgehead atoms. The third-order valence-corrected chi connectivity index (χ3v) is 5.18. The highest BCUT2D eigenvalue weighted by Crippen LogP contribution is 2.22. The Balaban J connectivity index is 2.03. The summed E-state index contributed by atoms with van der Waals surface area (Å²) in [4.78, 5) is 11.7. The highest BCUT2D eigenvalue weighted by atomic mass is 35.5. The number of carbonyl (C=O) groups is 1. The molecule has 2 aromatic rings. The molecule has 23 heavy (non-hydrogen) atoms. The molecule has 0 atom stereocenters. The molecule has 0 fully saturated rings. The summed E-state index contributed by atoms with van der Waals surface area (Å²) in [5, 5.41) is 2.27. The van der Waals surface area contributed by atoms with Gasteiger partial charge in [-0.25, -0.2) is 17.2 Å². The third-order valence-electron chi connectivity index (χ3n) is 2.97. The molecule has 0 spiro atoms. The van der Waals surface area contributed by atoms with Crippen LogP contribution in [-0.4, -0.2) is 20.1 Å². The molecule has 8 heteroatoms. The predicted molar refractivity (Wildman–Crippen MR) is 83.1 cm³/mol. The van der Waals surface area contributed by atoms with E-state index in [1.54, 1.807) is 6.07 Å². The monoisotopic (exact) mass is 359 g/mol. The Morgan fingerprint density at radius 3 is 2.48 bits per heavy atom. The van der Waals surface area contributed by atoms with Gasteiger partial charge in [0.25, 0.3) is 0 Å². The minimum absolute atomic E-state index is 0.0671. The molecule has 1 amide bonds. The standard InChI is InChI=1S/C15H12ClF2NO3S/c16-11-3-1-2-4-14(11)23(21,22)8-7-15(20)19-13-6-5-10(17)9-12(13)18/h1-6,9H,7-8H2,(H,19,20). The van der Waals surface area contributed by atoms with Crippen LogP contribution < -0.4 is 5.32 Å². The van der Waals surface area contributed by atoms with Gasteiger partial charge in [0.05, 0.1) is 21.4 Å². The zero-order valence-corrected chi connectivity index (χ0v) is 13.3. The first-order valence-electron chi connectivity index (χ1n) is 6.52. The summed E-state index contributed by atoms with van der Waals surface area (Å²) < 4.78 is 50.4. The van der Waals surface area contributed by atoms with Crippen LogP contribution in [0.3, 0.4) is 0 Å². The Morgan fingerprint density at radius 1 is 1.13 bits per heavy atom. The maximum absolute atomic E-state index is 13.4. The number of carbonyl (C=O) groups excluding carboxylic acids is 1. The van der Waals surface area contributed by atoms with Crippen LogP contribution in [0.1, 0.15) is 6.42 Å². The van der Waals surface area contributed by atoms with E-state index in [9.17, 15) is 22.0 Å². The lowest BCUT2D eigenvalue weighted by molar-refractivity contribution is -0.115. The van der Waals surface area contributed by atoms with E-state index in [0.717, 1.165) is 12.1 Å². The van der Waals surface area contributed by atoms with Crippen molar-refractivity contribution in [2.24, 2.45) is 0 Å². The number of halogens is 3. The summed E-state index contributed by atoms with van der Waals surface area (Å²) in [6.07, 6.45) is -0.385. The van der Waals surface area contributed by atoms with Crippen LogP contribution in [0.25, 0.3) is 0 Å². The maximum atomic E-state index is 13.4. The van der Waals surface area contributed by atoms with Gasteiger partial charge >= 0.3 is 0 Å². The lowest BCUT2D eigenvalue weighted by Gasteiger charge is -2.08. The van der Waals surface area contributed by atoms with Crippen LogP contribution in [0.4, 0.5) is 14.5 Å². The van der Waals surface area contributed by atoms with Crippen LogP contribution in [0.5, 0.6) is 0 Å². The van der Waals surface area contributed by atoms with E-state index in [1.807, 2.05) is 0 Å². The highest BCUT2D eigenvalue weighted by Gasteiger charge is 2.19. The first-order chi connectivity index (χ1) is 10.8. The fraction of sp³-hybridized carbons (Fsp3) is 0.133. The maximum Gasteiger partial charge on any atom is 0.225 e. The van der Waals surface area contributed by atoms with E-state index in [-0.39, 0.29) is 22.0 Å². The summed E-state index contributed by atoms with van der Waals surface area (Å²) >= 11 is 5.82.